The predicted molar refractivity (Wildman–Crippen MR) is 72.5 cm³/mol. The average Bonchev–Trinajstić information content (AvgIpc) is 2.80. The van der Waals surface area contributed by atoms with Gasteiger partial charge in [-0.2, -0.15) is 0 Å². The van der Waals surface area contributed by atoms with E-state index in [-0.39, 0.29) is 5.54 Å². The van der Waals surface area contributed by atoms with Gasteiger partial charge in [-0.3, -0.25) is 0 Å². The van der Waals surface area contributed by atoms with E-state index < -0.39 is 0 Å². The van der Waals surface area contributed by atoms with Gasteiger partial charge in [0.1, 0.15) is 6.33 Å². The third kappa shape index (κ3) is 1.97. The lowest BCUT2D eigenvalue weighted by Crippen LogP contribution is -2.48. The van der Waals surface area contributed by atoms with Crippen LogP contribution in [0.15, 0.2) is 17.0 Å². The van der Waals surface area contributed by atoms with Crippen LogP contribution >= 0.6 is 15.9 Å². The summed E-state index contributed by atoms with van der Waals surface area (Å²) in [6.07, 6.45) is 5.40. The van der Waals surface area contributed by atoms with Crippen LogP contribution < -0.4 is 10.6 Å². The van der Waals surface area contributed by atoms with Crippen LogP contribution in [0, 0.1) is 0 Å². The lowest BCUT2D eigenvalue weighted by Gasteiger charge is -2.37. The number of anilines is 1. The quantitative estimate of drug-likeness (QED) is 0.857. The maximum Gasteiger partial charge on any atom is 0.212 e. The Bertz CT molecular complexity index is 568. The first kappa shape index (κ1) is 11.9. The lowest BCUT2D eigenvalue weighted by atomic mass is 9.91. The molecule has 7 heteroatoms. The molecule has 0 aromatic carbocycles. The Morgan fingerprint density at radius 1 is 1.39 bits per heavy atom. The molecule has 1 saturated heterocycles. The summed E-state index contributed by atoms with van der Waals surface area (Å²) in [5.74, 6) is 0.883. The van der Waals surface area contributed by atoms with Gasteiger partial charge in [0, 0.05) is 24.8 Å². The average molecular weight is 311 g/mol. The Morgan fingerprint density at radius 3 is 2.83 bits per heavy atom. The molecule has 1 aliphatic rings. The van der Waals surface area contributed by atoms with Gasteiger partial charge in [0.05, 0.1) is 4.47 Å². The Labute approximate surface area is 113 Å². The van der Waals surface area contributed by atoms with Crippen LogP contribution in [-0.2, 0) is 0 Å². The van der Waals surface area contributed by atoms with E-state index in [4.69, 9.17) is 5.73 Å². The molecule has 0 aliphatic carbocycles. The molecule has 2 aromatic rings. The van der Waals surface area contributed by atoms with Crippen molar-refractivity contribution in [1.82, 2.24) is 19.6 Å². The molecule has 0 radical (unpaired) electrons. The van der Waals surface area contributed by atoms with E-state index in [0.29, 0.717) is 0 Å². The van der Waals surface area contributed by atoms with Crippen molar-refractivity contribution < 1.29 is 0 Å². The van der Waals surface area contributed by atoms with Gasteiger partial charge in [0.2, 0.25) is 5.95 Å². The van der Waals surface area contributed by atoms with Gasteiger partial charge in [0.25, 0.3) is 0 Å². The second kappa shape index (κ2) is 4.17. The van der Waals surface area contributed by atoms with Crippen molar-refractivity contribution >= 4 is 27.5 Å². The van der Waals surface area contributed by atoms with Crippen LogP contribution in [-0.4, -0.2) is 38.2 Å². The number of halogens is 1. The molecule has 0 amide bonds. The topological polar surface area (TPSA) is 72.3 Å². The fraction of sp³-hybridized carbons (Fsp3) is 0.545. The molecule has 1 fully saturated rings. The van der Waals surface area contributed by atoms with Gasteiger partial charge < -0.3 is 10.6 Å². The summed E-state index contributed by atoms with van der Waals surface area (Å²) in [6.45, 7) is 3.93. The Balaban J connectivity index is 1.96. The van der Waals surface area contributed by atoms with E-state index in [1.807, 2.05) is 4.40 Å². The molecule has 0 unspecified atom stereocenters. The minimum absolute atomic E-state index is 0.0574. The van der Waals surface area contributed by atoms with Gasteiger partial charge in [-0.25, -0.2) is 9.38 Å². The SMILES string of the molecule is CC1(N)CCN(c2ncc(Br)c3nncn23)CC1. The van der Waals surface area contributed by atoms with Crippen LogP contribution in [0.2, 0.25) is 0 Å². The van der Waals surface area contributed by atoms with Crippen molar-refractivity contribution in [2.45, 2.75) is 25.3 Å². The minimum Gasteiger partial charge on any atom is -0.342 e. The highest BCUT2D eigenvalue weighted by Gasteiger charge is 2.27. The van der Waals surface area contributed by atoms with Gasteiger partial charge >= 0.3 is 0 Å². The number of hydrogen-bond donors (Lipinski definition) is 1. The molecule has 3 heterocycles. The normalized spacial score (nSPS) is 19.4. The standard InChI is InChI=1S/C11H15BrN6/c1-11(13)2-4-17(5-3-11)10-14-6-8(12)9-16-15-7-18(9)10/h6-7H,2-5,13H2,1H3. The molecule has 0 atom stereocenters. The summed E-state index contributed by atoms with van der Waals surface area (Å²) in [6, 6.07) is 0. The number of nitrogens with zero attached hydrogens (tertiary/aromatic N) is 5. The Morgan fingerprint density at radius 2 is 2.11 bits per heavy atom. The first-order valence-corrected chi connectivity index (χ1v) is 6.74. The molecular weight excluding hydrogens is 296 g/mol. The number of fused-ring (bicyclic) bond motifs is 1. The van der Waals surface area contributed by atoms with Crippen molar-refractivity contribution in [2.24, 2.45) is 5.73 Å². The monoisotopic (exact) mass is 310 g/mol. The van der Waals surface area contributed by atoms with Crippen molar-refractivity contribution in [1.29, 1.82) is 0 Å². The first-order valence-electron chi connectivity index (χ1n) is 5.95. The highest BCUT2D eigenvalue weighted by molar-refractivity contribution is 9.10. The maximum absolute atomic E-state index is 6.15. The van der Waals surface area contributed by atoms with E-state index >= 15 is 0 Å². The van der Waals surface area contributed by atoms with Crippen molar-refractivity contribution in [3.8, 4) is 0 Å². The Hall–Kier alpha value is -1.21. The number of rotatable bonds is 1. The maximum atomic E-state index is 6.15. The largest absolute Gasteiger partial charge is 0.342 e. The molecule has 96 valence electrons. The smallest absolute Gasteiger partial charge is 0.212 e. The molecule has 0 bridgehead atoms. The van der Waals surface area contributed by atoms with Gasteiger partial charge in [0.15, 0.2) is 5.65 Å². The fourth-order valence-electron chi connectivity index (χ4n) is 2.23. The van der Waals surface area contributed by atoms with Gasteiger partial charge in [-0.1, -0.05) is 0 Å². The second-order valence-electron chi connectivity index (χ2n) is 5.07. The van der Waals surface area contributed by atoms with Gasteiger partial charge in [-0.15, -0.1) is 10.2 Å². The van der Waals surface area contributed by atoms with E-state index in [1.54, 1.807) is 12.5 Å². The highest BCUT2D eigenvalue weighted by atomic mass is 79.9. The zero-order valence-corrected chi connectivity index (χ0v) is 11.8. The van der Waals surface area contributed by atoms with Crippen LogP contribution in [0.1, 0.15) is 19.8 Å². The molecule has 3 rings (SSSR count). The highest BCUT2D eigenvalue weighted by Crippen LogP contribution is 2.25. The molecular formula is C11H15BrN6. The summed E-state index contributed by atoms with van der Waals surface area (Å²) in [7, 11) is 0. The lowest BCUT2D eigenvalue weighted by molar-refractivity contribution is 0.361. The first-order chi connectivity index (χ1) is 8.57. The number of piperidine rings is 1. The number of nitrogens with two attached hydrogens (primary N) is 1. The molecule has 0 saturated carbocycles. The molecule has 18 heavy (non-hydrogen) atoms. The van der Waals surface area contributed by atoms with Crippen LogP contribution in [0.5, 0.6) is 0 Å². The van der Waals surface area contributed by atoms with Crippen LogP contribution in [0.3, 0.4) is 0 Å². The van der Waals surface area contributed by atoms with E-state index in [2.05, 4.69) is 42.9 Å². The minimum atomic E-state index is -0.0574. The van der Waals surface area contributed by atoms with Crippen molar-refractivity contribution in [3.05, 3.63) is 17.0 Å². The molecule has 2 N–H and O–H groups in total. The van der Waals surface area contributed by atoms with E-state index in [9.17, 15) is 0 Å². The summed E-state index contributed by atoms with van der Waals surface area (Å²) in [4.78, 5) is 6.70. The summed E-state index contributed by atoms with van der Waals surface area (Å²) in [5, 5.41) is 8.01. The zero-order chi connectivity index (χ0) is 12.8. The summed E-state index contributed by atoms with van der Waals surface area (Å²) in [5.41, 5.74) is 6.88. The summed E-state index contributed by atoms with van der Waals surface area (Å²) >= 11 is 3.43. The summed E-state index contributed by atoms with van der Waals surface area (Å²) < 4.78 is 2.76. The molecule has 0 spiro atoms. The zero-order valence-electron chi connectivity index (χ0n) is 10.2. The van der Waals surface area contributed by atoms with Crippen molar-refractivity contribution in [2.75, 3.05) is 18.0 Å². The van der Waals surface area contributed by atoms with Gasteiger partial charge in [-0.05, 0) is 35.7 Å². The van der Waals surface area contributed by atoms with Crippen molar-refractivity contribution in [3.63, 3.8) is 0 Å². The molecule has 6 nitrogen and oxygen atoms in total. The van der Waals surface area contributed by atoms with E-state index in [1.165, 1.54) is 0 Å². The third-order valence-corrected chi connectivity index (χ3v) is 4.02. The van der Waals surface area contributed by atoms with Crippen LogP contribution in [0.4, 0.5) is 5.95 Å². The number of aromatic nitrogens is 4. The molecule has 1 aliphatic heterocycles. The fourth-order valence-corrected chi connectivity index (χ4v) is 2.60. The molecule has 2 aromatic heterocycles. The second-order valence-corrected chi connectivity index (χ2v) is 5.93. The van der Waals surface area contributed by atoms with Crippen LogP contribution in [0.25, 0.3) is 5.65 Å². The van der Waals surface area contributed by atoms with E-state index in [0.717, 1.165) is 42.0 Å². The number of hydrogen-bond acceptors (Lipinski definition) is 5. The predicted octanol–water partition coefficient (Wildman–Crippen LogP) is 1.20. The Kier molecular flexibility index (Phi) is 2.74. The third-order valence-electron chi connectivity index (χ3n) is 3.46.